The van der Waals surface area contributed by atoms with E-state index in [1.165, 1.54) is 36.3 Å². The predicted octanol–water partition coefficient (Wildman–Crippen LogP) is 4.83. The summed E-state index contributed by atoms with van der Waals surface area (Å²) in [5.74, 6) is 1.89. The Morgan fingerprint density at radius 3 is 2.45 bits per heavy atom. The van der Waals surface area contributed by atoms with Crippen LogP contribution < -0.4 is 15.1 Å². The van der Waals surface area contributed by atoms with Gasteiger partial charge in [-0.25, -0.2) is 0 Å². The molecule has 1 aliphatic heterocycles. The molecule has 2 aromatic carbocycles. The highest BCUT2D eigenvalue weighted by Crippen LogP contribution is 2.39. The lowest BCUT2D eigenvalue weighted by molar-refractivity contribution is 0.0963. The van der Waals surface area contributed by atoms with Crippen LogP contribution in [0, 0.1) is 5.92 Å². The number of nitrogens with zero attached hydrogens (tertiary/aromatic N) is 2. The molecule has 0 aliphatic carbocycles. The van der Waals surface area contributed by atoms with E-state index in [1.54, 1.807) is 7.05 Å². The second-order valence-corrected chi connectivity index (χ2v) is 8.45. The summed E-state index contributed by atoms with van der Waals surface area (Å²) in [6, 6.07) is 16.8. The largest absolute Gasteiger partial charge is 0.369 e. The molecule has 0 spiro atoms. The van der Waals surface area contributed by atoms with Crippen LogP contribution in [0.5, 0.6) is 0 Å². The molecule has 1 amide bonds. The minimum Gasteiger partial charge on any atom is -0.369 e. The zero-order chi connectivity index (χ0) is 21.8. The topological polar surface area (TPSA) is 51.4 Å². The van der Waals surface area contributed by atoms with E-state index < -0.39 is 0 Å². The molecular weight excluding hydrogens is 384 g/mol. The number of carbonyl (C=O) groups excluding carboxylic acids is 1. The molecule has 2 N–H and O–H groups in total. The van der Waals surface area contributed by atoms with Gasteiger partial charge in [0.25, 0.3) is 5.91 Å². The first-order valence-corrected chi connectivity index (χ1v) is 11.6. The molecule has 2 heterocycles. The summed E-state index contributed by atoms with van der Waals surface area (Å²) >= 11 is 0. The Labute approximate surface area is 185 Å². The van der Waals surface area contributed by atoms with Crippen LogP contribution in [0.15, 0.2) is 48.5 Å². The lowest BCUT2D eigenvalue weighted by atomic mass is 9.90. The predicted molar refractivity (Wildman–Crippen MR) is 130 cm³/mol. The molecule has 3 aromatic rings. The van der Waals surface area contributed by atoms with Gasteiger partial charge >= 0.3 is 0 Å². The van der Waals surface area contributed by atoms with Crippen LogP contribution in [-0.4, -0.2) is 44.1 Å². The van der Waals surface area contributed by atoms with Crippen molar-refractivity contribution in [1.29, 1.82) is 0 Å². The van der Waals surface area contributed by atoms with Gasteiger partial charge in [0.05, 0.1) is 5.69 Å². The lowest BCUT2D eigenvalue weighted by Crippen LogP contribution is -2.36. The molecule has 5 heteroatoms. The van der Waals surface area contributed by atoms with Crippen molar-refractivity contribution in [3.05, 3.63) is 59.7 Å². The van der Waals surface area contributed by atoms with Crippen molar-refractivity contribution in [2.45, 2.75) is 33.1 Å². The summed E-state index contributed by atoms with van der Waals surface area (Å²) in [6.45, 7) is 8.37. The summed E-state index contributed by atoms with van der Waals surface area (Å²) in [6.07, 6.45) is 3.57. The number of anilines is 2. The Hall–Kier alpha value is -2.95. The average Bonchev–Trinajstić information content (AvgIpc) is 3.19. The van der Waals surface area contributed by atoms with Crippen LogP contribution >= 0.6 is 0 Å². The van der Waals surface area contributed by atoms with E-state index in [9.17, 15) is 4.79 Å². The van der Waals surface area contributed by atoms with Gasteiger partial charge in [-0.2, -0.15) is 0 Å². The fraction of sp³-hybridized carbons (Fsp3) is 0.423. The Morgan fingerprint density at radius 2 is 1.81 bits per heavy atom. The van der Waals surface area contributed by atoms with Crippen molar-refractivity contribution >= 4 is 28.3 Å². The molecule has 0 unspecified atom stereocenters. The molecule has 1 saturated heterocycles. The number of benzene rings is 2. The van der Waals surface area contributed by atoms with Gasteiger partial charge in [-0.15, -0.1) is 0 Å². The standard InChI is InChI=1S/C26H34N4O/c1-4-29(5-2)24-22-18-21(26(31)27-3)11-12-23(22)28-25(24)30-15-13-20(14-16-30)17-19-9-7-6-8-10-19/h6-12,18,20,28H,4-5,13-17H2,1-3H3,(H,27,31). The number of carbonyl (C=O) groups is 1. The number of piperidine rings is 1. The fourth-order valence-electron chi connectivity index (χ4n) is 4.85. The summed E-state index contributed by atoms with van der Waals surface area (Å²) in [7, 11) is 1.68. The molecule has 1 fully saturated rings. The van der Waals surface area contributed by atoms with Gasteiger partial charge < -0.3 is 20.1 Å². The Kier molecular flexibility index (Phi) is 6.50. The molecule has 4 rings (SSSR count). The Bertz CT molecular complexity index is 1010. The van der Waals surface area contributed by atoms with Crippen LogP contribution in [0.1, 0.15) is 42.6 Å². The van der Waals surface area contributed by atoms with Crippen molar-refractivity contribution in [1.82, 2.24) is 10.3 Å². The van der Waals surface area contributed by atoms with E-state index in [1.807, 2.05) is 18.2 Å². The van der Waals surface area contributed by atoms with Crippen molar-refractivity contribution in [3.8, 4) is 0 Å². The molecule has 0 saturated carbocycles. The third-order valence-electron chi connectivity index (χ3n) is 6.62. The van der Waals surface area contributed by atoms with Gasteiger partial charge in [-0.05, 0) is 62.8 Å². The van der Waals surface area contributed by atoms with E-state index in [0.717, 1.165) is 43.0 Å². The summed E-state index contributed by atoms with van der Waals surface area (Å²) < 4.78 is 0. The number of hydrogen-bond acceptors (Lipinski definition) is 3. The quantitative estimate of drug-likeness (QED) is 0.578. The SMILES string of the molecule is CCN(CC)c1c(N2CCC(Cc3ccccc3)CC2)[nH]c2ccc(C(=O)NC)cc12. The molecule has 1 aromatic heterocycles. The third-order valence-corrected chi connectivity index (χ3v) is 6.62. The first kappa shape index (κ1) is 21.3. The van der Waals surface area contributed by atoms with Crippen molar-refractivity contribution in [2.75, 3.05) is 43.0 Å². The third kappa shape index (κ3) is 4.41. The van der Waals surface area contributed by atoms with Gasteiger partial charge in [0.15, 0.2) is 0 Å². The first-order chi connectivity index (χ1) is 15.1. The minimum atomic E-state index is -0.0446. The number of hydrogen-bond donors (Lipinski definition) is 2. The average molecular weight is 419 g/mol. The monoisotopic (exact) mass is 418 g/mol. The molecule has 1 aliphatic rings. The van der Waals surface area contributed by atoms with Gasteiger partial charge in [0.2, 0.25) is 0 Å². The number of nitrogens with one attached hydrogen (secondary N) is 2. The summed E-state index contributed by atoms with van der Waals surface area (Å²) in [5.41, 5.74) is 4.47. The maximum atomic E-state index is 12.2. The van der Waals surface area contributed by atoms with Crippen LogP contribution in [0.2, 0.25) is 0 Å². The van der Waals surface area contributed by atoms with E-state index in [2.05, 4.69) is 64.3 Å². The van der Waals surface area contributed by atoms with Gasteiger partial charge in [0.1, 0.15) is 5.82 Å². The van der Waals surface area contributed by atoms with E-state index in [0.29, 0.717) is 5.56 Å². The first-order valence-electron chi connectivity index (χ1n) is 11.6. The highest BCUT2D eigenvalue weighted by Gasteiger charge is 2.26. The van der Waals surface area contributed by atoms with E-state index in [4.69, 9.17) is 0 Å². The molecule has 5 nitrogen and oxygen atoms in total. The second-order valence-electron chi connectivity index (χ2n) is 8.45. The van der Waals surface area contributed by atoms with Crippen LogP contribution in [0.4, 0.5) is 11.5 Å². The minimum absolute atomic E-state index is 0.0446. The van der Waals surface area contributed by atoms with Crippen molar-refractivity contribution in [3.63, 3.8) is 0 Å². The number of aromatic amines is 1. The number of amides is 1. The Morgan fingerprint density at radius 1 is 1.10 bits per heavy atom. The summed E-state index contributed by atoms with van der Waals surface area (Å²) in [4.78, 5) is 20.8. The maximum absolute atomic E-state index is 12.2. The Balaban J connectivity index is 1.61. The van der Waals surface area contributed by atoms with Crippen LogP contribution in [-0.2, 0) is 6.42 Å². The zero-order valence-electron chi connectivity index (χ0n) is 18.9. The van der Waals surface area contributed by atoms with Crippen molar-refractivity contribution < 1.29 is 4.79 Å². The molecule has 164 valence electrons. The highest BCUT2D eigenvalue weighted by molar-refractivity contribution is 6.05. The molecule has 0 bridgehead atoms. The maximum Gasteiger partial charge on any atom is 0.251 e. The molecular formula is C26H34N4O. The second kappa shape index (κ2) is 9.46. The number of H-pyrrole nitrogens is 1. The van der Waals surface area contributed by atoms with Crippen molar-refractivity contribution in [2.24, 2.45) is 5.92 Å². The van der Waals surface area contributed by atoms with Crippen LogP contribution in [0.25, 0.3) is 10.9 Å². The number of rotatable bonds is 7. The smallest absolute Gasteiger partial charge is 0.251 e. The molecule has 0 atom stereocenters. The fourth-order valence-corrected chi connectivity index (χ4v) is 4.85. The number of fused-ring (bicyclic) bond motifs is 1. The highest BCUT2D eigenvalue weighted by atomic mass is 16.1. The number of aromatic nitrogens is 1. The zero-order valence-corrected chi connectivity index (χ0v) is 18.9. The normalized spacial score (nSPS) is 14.7. The molecule has 31 heavy (non-hydrogen) atoms. The van der Waals surface area contributed by atoms with E-state index >= 15 is 0 Å². The lowest BCUT2D eigenvalue weighted by Gasteiger charge is -2.35. The van der Waals surface area contributed by atoms with E-state index in [-0.39, 0.29) is 5.91 Å². The van der Waals surface area contributed by atoms with Crippen LogP contribution in [0.3, 0.4) is 0 Å². The summed E-state index contributed by atoms with van der Waals surface area (Å²) in [5, 5.41) is 3.88. The molecule has 0 radical (unpaired) electrons. The van der Waals surface area contributed by atoms with Gasteiger partial charge in [-0.1, -0.05) is 30.3 Å². The van der Waals surface area contributed by atoms with Gasteiger partial charge in [0, 0.05) is 49.7 Å². The van der Waals surface area contributed by atoms with Gasteiger partial charge in [-0.3, -0.25) is 4.79 Å².